The van der Waals surface area contributed by atoms with Gasteiger partial charge in [0.15, 0.2) is 0 Å². The Labute approximate surface area is 211 Å². The normalized spacial score (nSPS) is 21.2. The molecule has 1 aliphatic carbocycles. The van der Waals surface area contributed by atoms with Crippen molar-refractivity contribution in [2.45, 2.75) is 57.7 Å². The fourth-order valence-corrected chi connectivity index (χ4v) is 5.61. The topological polar surface area (TPSA) is 67.0 Å². The van der Waals surface area contributed by atoms with Crippen LogP contribution in [0, 0.1) is 17.0 Å². The Hall–Kier alpha value is -0.410. The minimum Gasteiger partial charge on any atom is -1.00 e. The summed E-state index contributed by atoms with van der Waals surface area (Å²) in [7, 11) is 0. The number of aromatic amines is 1. The van der Waals surface area contributed by atoms with E-state index in [-0.39, 0.29) is 47.2 Å². The maximum Gasteiger partial charge on any atom is 1.00 e. The molecule has 2 atom stereocenters. The van der Waals surface area contributed by atoms with E-state index in [1.54, 1.807) is 0 Å². The molecule has 8 heteroatoms. The third-order valence-corrected chi connectivity index (χ3v) is 8.30. The molecular weight excluding hydrogens is 423 g/mol. The Balaban J connectivity index is 0.00000171. The van der Waals surface area contributed by atoms with E-state index in [0.29, 0.717) is 4.64 Å². The van der Waals surface area contributed by atoms with Gasteiger partial charge in [-0.15, -0.1) is 4.72 Å². The Morgan fingerprint density at radius 2 is 1.97 bits per heavy atom. The van der Waals surface area contributed by atoms with E-state index in [2.05, 4.69) is 43.9 Å². The zero-order chi connectivity index (χ0) is 20.8. The summed E-state index contributed by atoms with van der Waals surface area (Å²) >= 11 is 4.14. The molecule has 0 amide bonds. The van der Waals surface area contributed by atoms with Gasteiger partial charge < -0.3 is 15.9 Å². The second-order valence-electron chi connectivity index (χ2n) is 9.33. The molecule has 158 valence electrons. The SMILES string of the molecule is Cc1nc(N2CCC3(CC2)Cc2ccccc2[C@H]3N[S+]([O-])C(C)(C)C)c[nH]c1=S.[H-].[Na+]. The maximum absolute atomic E-state index is 13.0. The van der Waals surface area contributed by atoms with E-state index >= 15 is 0 Å². The second kappa shape index (κ2) is 9.22. The van der Waals surface area contributed by atoms with Crippen molar-refractivity contribution in [2.75, 3.05) is 18.0 Å². The molecule has 1 spiro atoms. The van der Waals surface area contributed by atoms with E-state index < -0.39 is 11.4 Å². The summed E-state index contributed by atoms with van der Waals surface area (Å²) in [4.78, 5) is 10.2. The quantitative estimate of drug-likeness (QED) is 0.418. The molecule has 1 saturated heterocycles. The third kappa shape index (κ3) is 4.68. The van der Waals surface area contributed by atoms with Gasteiger partial charge in [0.1, 0.15) is 15.2 Å². The standard InChI is InChI=1S/C22H30N4OS2.Na.H/c1-15-20(28)23-14-18(24-15)26-11-9-22(10-12-26)13-16-7-5-6-8-17(16)19(22)25-29(27)21(2,3)4;;/h5-8,14,19,25H,9-13H2,1-4H3,(H,23,28);;/q;+1;-1/t19-,29?;;/m1../s1. The van der Waals surface area contributed by atoms with E-state index in [9.17, 15) is 4.55 Å². The van der Waals surface area contributed by atoms with E-state index in [1.165, 1.54) is 11.1 Å². The molecule has 1 fully saturated rings. The summed E-state index contributed by atoms with van der Waals surface area (Å²) < 4.78 is 16.9. The van der Waals surface area contributed by atoms with Crippen molar-refractivity contribution < 1.29 is 35.5 Å². The van der Waals surface area contributed by atoms with Crippen molar-refractivity contribution in [3.63, 3.8) is 0 Å². The summed E-state index contributed by atoms with van der Waals surface area (Å²) in [6.07, 6.45) is 5.04. The van der Waals surface area contributed by atoms with Crippen molar-refractivity contribution in [2.24, 2.45) is 5.41 Å². The second-order valence-corrected chi connectivity index (χ2v) is 11.7. The van der Waals surface area contributed by atoms with Crippen molar-refractivity contribution in [1.29, 1.82) is 0 Å². The van der Waals surface area contributed by atoms with E-state index in [4.69, 9.17) is 12.2 Å². The molecule has 30 heavy (non-hydrogen) atoms. The molecule has 1 aromatic carbocycles. The summed E-state index contributed by atoms with van der Waals surface area (Å²) in [5.41, 5.74) is 3.67. The average molecular weight is 455 g/mol. The number of nitrogens with zero attached hydrogens (tertiary/aromatic N) is 2. The van der Waals surface area contributed by atoms with Gasteiger partial charge in [0.05, 0.1) is 11.7 Å². The van der Waals surface area contributed by atoms with Crippen LogP contribution in [0.15, 0.2) is 30.5 Å². The van der Waals surface area contributed by atoms with Crippen LogP contribution in [0.5, 0.6) is 0 Å². The molecule has 2 heterocycles. The van der Waals surface area contributed by atoms with Crippen molar-refractivity contribution >= 4 is 29.4 Å². The number of nitrogens with one attached hydrogen (secondary N) is 2. The Morgan fingerprint density at radius 1 is 1.30 bits per heavy atom. The molecule has 4 rings (SSSR count). The predicted octanol–water partition coefficient (Wildman–Crippen LogP) is 1.50. The van der Waals surface area contributed by atoms with Gasteiger partial charge in [0.25, 0.3) is 0 Å². The number of benzene rings is 1. The van der Waals surface area contributed by atoms with Gasteiger partial charge in [-0.25, -0.2) is 4.98 Å². The largest absolute Gasteiger partial charge is 1.00 e. The first-order valence-electron chi connectivity index (χ1n) is 10.3. The fourth-order valence-electron chi connectivity index (χ4n) is 4.56. The number of aromatic nitrogens is 2. The molecule has 2 N–H and O–H groups in total. The van der Waals surface area contributed by atoms with Gasteiger partial charge in [0.2, 0.25) is 0 Å². The zero-order valence-corrected chi connectivity index (χ0v) is 22.3. The number of piperidine rings is 1. The first kappa shape index (κ1) is 24.2. The van der Waals surface area contributed by atoms with Crippen LogP contribution in [0.4, 0.5) is 5.82 Å². The summed E-state index contributed by atoms with van der Waals surface area (Å²) in [6, 6.07) is 8.77. The van der Waals surface area contributed by atoms with Gasteiger partial charge in [0, 0.05) is 36.1 Å². The minimum absolute atomic E-state index is 0. The number of H-pyrrole nitrogens is 1. The van der Waals surface area contributed by atoms with Crippen LogP contribution in [0.3, 0.4) is 0 Å². The van der Waals surface area contributed by atoms with Crippen molar-refractivity contribution in [1.82, 2.24) is 14.7 Å². The smallest absolute Gasteiger partial charge is 1.00 e. The number of hydrogen-bond acceptors (Lipinski definition) is 5. The van der Waals surface area contributed by atoms with Crippen LogP contribution in [0.25, 0.3) is 0 Å². The fraction of sp³-hybridized carbons (Fsp3) is 0.545. The monoisotopic (exact) mass is 454 g/mol. The van der Waals surface area contributed by atoms with Crippen molar-refractivity contribution in [3.8, 4) is 0 Å². The molecule has 1 unspecified atom stereocenters. The van der Waals surface area contributed by atoms with Gasteiger partial charge in [-0.3, -0.25) is 0 Å². The average Bonchev–Trinajstić information content (AvgIpc) is 2.97. The first-order chi connectivity index (χ1) is 13.7. The maximum atomic E-state index is 13.0. The molecule has 0 radical (unpaired) electrons. The predicted molar refractivity (Wildman–Crippen MR) is 123 cm³/mol. The summed E-state index contributed by atoms with van der Waals surface area (Å²) in [6.45, 7) is 9.90. The molecule has 1 aliphatic heterocycles. The Bertz CT molecular complexity index is 957. The molecule has 5 nitrogen and oxygen atoms in total. The first-order valence-corrected chi connectivity index (χ1v) is 11.8. The van der Waals surface area contributed by atoms with Crippen LogP contribution in [0.1, 0.15) is 57.9 Å². The van der Waals surface area contributed by atoms with Crippen LogP contribution in [-0.4, -0.2) is 32.4 Å². The Morgan fingerprint density at radius 3 is 2.60 bits per heavy atom. The number of hydrogen-bond donors (Lipinski definition) is 2. The number of aryl methyl sites for hydroxylation is 1. The molecule has 0 saturated carbocycles. The number of fused-ring (bicyclic) bond motifs is 1. The van der Waals surface area contributed by atoms with E-state index in [1.807, 2.05) is 33.9 Å². The summed E-state index contributed by atoms with van der Waals surface area (Å²) in [5.74, 6) is 0.962. The number of rotatable bonds is 3. The van der Waals surface area contributed by atoms with Crippen LogP contribution in [-0.2, 0) is 17.8 Å². The van der Waals surface area contributed by atoms with Gasteiger partial charge in [-0.2, -0.15) is 0 Å². The minimum atomic E-state index is -1.11. The molecule has 2 aliphatic rings. The van der Waals surface area contributed by atoms with Crippen LogP contribution in [0.2, 0.25) is 0 Å². The number of anilines is 1. The summed E-state index contributed by atoms with van der Waals surface area (Å²) in [5, 5.41) is 0. The Kier molecular flexibility index (Phi) is 7.45. The van der Waals surface area contributed by atoms with Gasteiger partial charge in [-0.1, -0.05) is 36.5 Å². The van der Waals surface area contributed by atoms with E-state index in [0.717, 1.165) is 43.9 Å². The molecule has 0 bridgehead atoms. The van der Waals surface area contributed by atoms with Crippen molar-refractivity contribution in [3.05, 3.63) is 51.9 Å². The molecule has 2 aromatic rings. The molecular formula is C22H31N4NaOS2. The third-order valence-electron chi connectivity index (χ3n) is 6.33. The zero-order valence-electron chi connectivity index (χ0n) is 19.6. The van der Waals surface area contributed by atoms with Gasteiger partial charge in [-0.05, 0) is 58.1 Å². The molecule has 1 aromatic heterocycles. The van der Waals surface area contributed by atoms with Gasteiger partial charge >= 0.3 is 29.6 Å². The van der Waals surface area contributed by atoms with Crippen LogP contribution >= 0.6 is 12.2 Å². The van der Waals surface area contributed by atoms with Crippen LogP contribution < -0.4 is 39.2 Å².